The highest BCUT2D eigenvalue weighted by molar-refractivity contribution is 7.92. The third-order valence-electron chi connectivity index (χ3n) is 8.11. The summed E-state index contributed by atoms with van der Waals surface area (Å²) < 4.78 is 29.2. The van der Waals surface area contributed by atoms with Crippen LogP contribution in [0.25, 0.3) is 0 Å². The number of carbonyl (C=O) groups excluding carboxylic acids is 2. The zero-order chi connectivity index (χ0) is 33.6. The van der Waals surface area contributed by atoms with Crippen LogP contribution in [0.1, 0.15) is 36.8 Å². The summed E-state index contributed by atoms with van der Waals surface area (Å²) in [5.41, 5.74) is 1.59. The minimum Gasteiger partial charge on any atom is -0.352 e. The molecular formula is C35H33Cl4N3O4S. The van der Waals surface area contributed by atoms with Gasteiger partial charge in [0, 0.05) is 19.0 Å². The highest BCUT2D eigenvalue weighted by Gasteiger charge is 2.35. The molecule has 0 radical (unpaired) electrons. The van der Waals surface area contributed by atoms with E-state index in [2.05, 4.69) is 5.32 Å². The molecule has 1 atom stereocenters. The predicted molar refractivity (Wildman–Crippen MR) is 189 cm³/mol. The molecular weight excluding hydrogens is 700 g/mol. The number of hydrogen-bond acceptors (Lipinski definition) is 4. The van der Waals surface area contributed by atoms with E-state index in [9.17, 15) is 18.0 Å². The minimum atomic E-state index is -4.28. The van der Waals surface area contributed by atoms with E-state index in [4.69, 9.17) is 46.4 Å². The van der Waals surface area contributed by atoms with Gasteiger partial charge in [0.2, 0.25) is 11.8 Å². The van der Waals surface area contributed by atoms with E-state index in [-0.39, 0.29) is 50.6 Å². The van der Waals surface area contributed by atoms with Crippen molar-refractivity contribution in [3.8, 4) is 0 Å². The van der Waals surface area contributed by atoms with Crippen molar-refractivity contribution < 1.29 is 18.0 Å². The SMILES string of the molecule is O=C(NC1CCCC1)C(Cc1ccccc1)N(Cc1ccc(Cl)c(Cl)c1)C(=O)CN(c1ccc(Cl)c(Cl)c1)S(=O)(=O)c1ccccc1. The summed E-state index contributed by atoms with van der Waals surface area (Å²) >= 11 is 25.0. The van der Waals surface area contributed by atoms with E-state index in [1.807, 2.05) is 30.3 Å². The fourth-order valence-corrected chi connectivity index (χ4v) is 7.68. The number of halogens is 4. The molecule has 1 saturated carbocycles. The Morgan fingerprint density at radius 2 is 1.34 bits per heavy atom. The van der Waals surface area contributed by atoms with E-state index in [1.54, 1.807) is 36.4 Å². The summed E-state index contributed by atoms with van der Waals surface area (Å²) in [4.78, 5) is 30.1. The van der Waals surface area contributed by atoms with Crippen LogP contribution in [0.2, 0.25) is 20.1 Å². The molecule has 4 aromatic carbocycles. The lowest BCUT2D eigenvalue weighted by Crippen LogP contribution is -2.54. The monoisotopic (exact) mass is 731 g/mol. The first-order chi connectivity index (χ1) is 22.5. The maximum absolute atomic E-state index is 14.6. The molecule has 0 heterocycles. The van der Waals surface area contributed by atoms with Gasteiger partial charge < -0.3 is 10.2 Å². The lowest BCUT2D eigenvalue weighted by molar-refractivity contribution is -0.140. The minimum absolute atomic E-state index is 0.00568. The number of nitrogens with one attached hydrogen (secondary N) is 1. The summed E-state index contributed by atoms with van der Waals surface area (Å²) in [7, 11) is -4.28. The lowest BCUT2D eigenvalue weighted by atomic mass is 10.0. The van der Waals surface area contributed by atoms with E-state index in [0.717, 1.165) is 35.6 Å². The van der Waals surface area contributed by atoms with Crippen LogP contribution in [0, 0.1) is 0 Å². The first kappa shape index (κ1) is 35.0. The van der Waals surface area contributed by atoms with Crippen molar-refractivity contribution in [3.63, 3.8) is 0 Å². The summed E-state index contributed by atoms with van der Waals surface area (Å²) in [5, 5.41) is 4.13. The number of benzene rings is 4. The van der Waals surface area contributed by atoms with Crippen LogP contribution in [0.15, 0.2) is 102 Å². The second kappa shape index (κ2) is 15.8. The van der Waals surface area contributed by atoms with Crippen molar-refractivity contribution in [1.29, 1.82) is 0 Å². The van der Waals surface area contributed by atoms with Crippen LogP contribution in [0.4, 0.5) is 5.69 Å². The van der Waals surface area contributed by atoms with Gasteiger partial charge in [-0.2, -0.15) is 0 Å². The van der Waals surface area contributed by atoms with Gasteiger partial charge >= 0.3 is 0 Å². The lowest BCUT2D eigenvalue weighted by Gasteiger charge is -2.34. The number of anilines is 1. The van der Waals surface area contributed by atoms with Crippen molar-refractivity contribution in [3.05, 3.63) is 128 Å². The Morgan fingerprint density at radius 3 is 1.96 bits per heavy atom. The number of sulfonamides is 1. The molecule has 0 bridgehead atoms. The van der Waals surface area contributed by atoms with Gasteiger partial charge in [-0.1, -0.05) is 114 Å². The maximum Gasteiger partial charge on any atom is 0.264 e. The highest BCUT2D eigenvalue weighted by atomic mass is 35.5. The third kappa shape index (κ3) is 8.80. The molecule has 1 fully saturated rings. The fourth-order valence-electron chi connectivity index (χ4n) is 5.64. The van der Waals surface area contributed by atoms with E-state index < -0.39 is 28.5 Å². The molecule has 2 amide bonds. The predicted octanol–water partition coefficient (Wildman–Crippen LogP) is 8.19. The fraction of sp³-hybridized carbons (Fsp3) is 0.257. The van der Waals surface area contributed by atoms with Gasteiger partial charge in [0.25, 0.3) is 10.0 Å². The Balaban J connectivity index is 1.58. The molecule has 7 nitrogen and oxygen atoms in total. The smallest absolute Gasteiger partial charge is 0.264 e. The molecule has 47 heavy (non-hydrogen) atoms. The molecule has 0 aliphatic heterocycles. The molecule has 5 rings (SSSR count). The molecule has 1 unspecified atom stereocenters. The molecule has 4 aromatic rings. The van der Waals surface area contributed by atoms with Gasteiger partial charge in [0.05, 0.1) is 30.7 Å². The normalized spacial score (nSPS) is 14.0. The second-order valence-electron chi connectivity index (χ2n) is 11.4. The van der Waals surface area contributed by atoms with Crippen molar-refractivity contribution in [1.82, 2.24) is 10.2 Å². The number of amides is 2. The molecule has 1 N–H and O–H groups in total. The Kier molecular flexibility index (Phi) is 11.7. The van der Waals surface area contributed by atoms with Gasteiger partial charge in [-0.25, -0.2) is 8.42 Å². The summed E-state index contributed by atoms with van der Waals surface area (Å²) in [5.74, 6) is -0.926. The van der Waals surface area contributed by atoms with E-state index in [1.165, 1.54) is 35.2 Å². The number of carbonyl (C=O) groups is 2. The quantitative estimate of drug-likeness (QED) is 0.159. The zero-order valence-electron chi connectivity index (χ0n) is 25.3. The van der Waals surface area contributed by atoms with Crippen LogP contribution >= 0.6 is 46.4 Å². The first-order valence-electron chi connectivity index (χ1n) is 15.1. The highest BCUT2D eigenvalue weighted by Crippen LogP contribution is 2.31. The second-order valence-corrected chi connectivity index (χ2v) is 14.9. The van der Waals surface area contributed by atoms with Crippen LogP contribution in [0.3, 0.4) is 0 Å². The third-order valence-corrected chi connectivity index (χ3v) is 11.4. The van der Waals surface area contributed by atoms with E-state index in [0.29, 0.717) is 10.6 Å². The first-order valence-corrected chi connectivity index (χ1v) is 18.1. The van der Waals surface area contributed by atoms with Crippen molar-refractivity contribution >= 4 is 73.9 Å². The maximum atomic E-state index is 14.6. The number of hydrogen-bond donors (Lipinski definition) is 1. The van der Waals surface area contributed by atoms with Crippen LogP contribution in [-0.2, 0) is 32.6 Å². The largest absolute Gasteiger partial charge is 0.352 e. The average Bonchev–Trinajstić information content (AvgIpc) is 3.58. The molecule has 1 aliphatic carbocycles. The topological polar surface area (TPSA) is 86.8 Å². The van der Waals surface area contributed by atoms with Gasteiger partial charge in [-0.3, -0.25) is 13.9 Å². The van der Waals surface area contributed by atoms with Crippen LogP contribution in [-0.4, -0.2) is 43.8 Å². The summed E-state index contributed by atoms with van der Waals surface area (Å²) in [6, 6.07) is 25.5. The van der Waals surface area contributed by atoms with Crippen molar-refractivity contribution in [2.24, 2.45) is 0 Å². The van der Waals surface area contributed by atoms with Gasteiger partial charge in [-0.15, -0.1) is 0 Å². The van der Waals surface area contributed by atoms with Crippen LogP contribution in [0.5, 0.6) is 0 Å². The molecule has 0 aromatic heterocycles. The number of rotatable bonds is 12. The Morgan fingerprint density at radius 1 is 0.745 bits per heavy atom. The molecule has 246 valence electrons. The van der Waals surface area contributed by atoms with Crippen LogP contribution < -0.4 is 9.62 Å². The Labute approximate surface area is 295 Å². The summed E-state index contributed by atoms with van der Waals surface area (Å²) in [6.07, 6.45) is 3.92. The zero-order valence-corrected chi connectivity index (χ0v) is 29.1. The van der Waals surface area contributed by atoms with Gasteiger partial charge in [0.1, 0.15) is 12.6 Å². The number of nitrogens with zero attached hydrogens (tertiary/aromatic N) is 2. The van der Waals surface area contributed by atoms with E-state index >= 15 is 0 Å². The standard InChI is InChI=1S/C35H33Cl4N3O4S/c36-29-17-15-25(19-31(29)38)22-41(33(20-24-9-3-1-4-10-24)35(44)40-26-11-7-8-12-26)34(43)23-42(27-16-18-30(37)32(39)21-27)47(45,46)28-13-5-2-6-14-28/h1-6,9-10,13-19,21,26,33H,7-8,11-12,20,22-23H2,(H,40,44). The summed E-state index contributed by atoms with van der Waals surface area (Å²) in [6.45, 7) is -0.662. The average molecular weight is 734 g/mol. The van der Waals surface area contributed by atoms with Crippen molar-refractivity contribution in [2.75, 3.05) is 10.8 Å². The van der Waals surface area contributed by atoms with Gasteiger partial charge in [-0.05, 0) is 66.4 Å². The Hall–Kier alpha value is -3.27. The Bertz CT molecular complexity index is 1820. The molecule has 1 aliphatic rings. The molecule has 0 spiro atoms. The molecule has 12 heteroatoms. The van der Waals surface area contributed by atoms with Gasteiger partial charge in [0.15, 0.2) is 0 Å². The molecule has 0 saturated heterocycles. The van der Waals surface area contributed by atoms with Crippen molar-refractivity contribution in [2.45, 2.75) is 55.6 Å².